The highest BCUT2D eigenvalue weighted by Gasteiger charge is 2.50. The normalized spacial score (nSPS) is 17.5. The first-order valence-electron chi connectivity index (χ1n) is 12.1. The number of carbonyl (C=O) groups is 1. The van der Waals surface area contributed by atoms with Crippen LogP contribution < -0.4 is 15.6 Å². The van der Waals surface area contributed by atoms with Crippen molar-refractivity contribution >= 4 is 22.8 Å². The van der Waals surface area contributed by atoms with Gasteiger partial charge in [0.2, 0.25) is 5.43 Å². The van der Waals surface area contributed by atoms with Crippen LogP contribution >= 0.6 is 0 Å². The highest BCUT2D eigenvalue weighted by atomic mass is 19.4. The molecule has 1 aliphatic carbocycles. The Morgan fingerprint density at radius 2 is 1.72 bits per heavy atom. The molecule has 0 radical (unpaired) electrons. The summed E-state index contributed by atoms with van der Waals surface area (Å²) in [6, 6.07) is 1.39. The molecule has 3 aromatic rings. The number of hydrogen-bond acceptors (Lipinski definition) is 6. The maximum atomic E-state index is 14.9. The van der Waals surface area contributed by atoms with Gasteiger partial charge in [0.25, 0.3) is 5.91 Å². The highest BCUT2D eigenvalue weighted by Crippen LogP contribution is 2.40. The molecule has 2 aliphatic rings. The Morgan fingerprint density at radius 1 is 1.08 bits per heavy atom. The van der Waals surface area contributed by atoms with Gasteiger partial charge in [-0.05, 0) is 30.9 Å². The Labute approximate surface area is 217 Å². The van der Waals surface area contributed by atoms with E-state index in [-0.39, 0.29) is 23.9 Å². The second kappa shape index (κ2) is 10.2. The molecule has 39 heavy (non-hydrogen) atoms. The van der Waals surface area contributed by atoms with E-state index in [1.54, 1.807) is 5.06 Å². The van der Waals surface area contributed by atoms with Gasteiger partial charge in [-0.3, -0.25) is 14.2 Å². The molecule has 1 aromatic carbocycles. The molecule has 0 spiro atoms. The summed E-state index contributed by atoms with van der Waals surface area (Å²) in [5, 5.41) is 3.32. The van der Waals surface area contributed by atoms with Crippen LogP contribution in [-0.2, 0) is 4.84 Å². The van der Waals surface area contributed by atoms with Crippen molar-refractivity contribution in [1.82, 2.24) is 19.9 Å². The number of fused-ring (bicyclic) bond motifs is 1. The Kier molecular flexibility index (Phi) is 7.01. The number of hydroxylamine groups is 2. The van der Waals surface area contributed by atoms with Gasteiger partial charge in [-0.2, -0.15) is 18.2 Å². The van der Waals surface area contributed by atoms with Crippen LogP contribution in [-0.4, -0.2) is 66.0 Å². The average Bonchev–Trinajstić information content (AvgIpc) is 3.72. The molecule has 0 unspecified atom stereocenters. The molecule has 1 saturated heterocycles. The zero-order valence-electron chi connectivity index (χ0n) is 20.6. The van der Waals surface area contributed by atoms with Crippen LogP contribution in [0.25, 0.3) is 16.7 Å². The largest absolute Gasteiger partial charge is 0.408 e. The van der Waals surface area contributed by atoms with E-state index in [0.29, 0.717) is 44.1 Å². The molecule has 14 heteroatoms. The van der Waals surface area contributed by atoms with Gasteiger partial charge in [-0.15, -0.1) is 0 Å². The lowest BCUT2D eigenvalue weighted by Gasteiger charge is -2.34. The van der Waals surface area contributed by atoms with Gasteiger partial charge < -0.3 is 15.1 Å². The van der Waals surface area contributed by atoms with Gasteiger partial charge in [0.1, 0.15) is 28.9 Å². The number of amides is 1. The van der Waals surface area contributed by atoms with Gasteiger partial charge >= 0.3 is 6.18 Å². The predicted molar refractivity (Wildman–Crippen MR) is 128 cm³/mol. The fraction of sp³-hybridized carbons (Fsp3) is 0.400. The van der Waals surface area contributed by atoms with Crippen molar-refractivity contribution in [3.63, 3.8) is 0 Å². The zero-order chi connectivity index (χ0) is 28.1. The molecular weight excluding hydrogens is 532 g/mol. The van der Waals surface area contributed by atoms with Gasteiger partial charge in [-0.1, -0.05) is 0 Å². The van der Waals surface area contributed by atoms with E-state index in [1.165, 1.54) is 19.2 Å². The number of aromatic nitrogens is 2. The van der Waals surface area contributed by atoms with Crippen LogP contribution in [0, 0.1) is 23.4 Å². The first-order chi connectivity index (χ1) is 18.5. The third-order valence-electron chi connectivity index (χ3n) is 6.86. The zero-order valence-corrected chi connectivity index (χ0v) is 20.6. The van der Waals surface area contributed by atoms with E-state index < -0.39 is 58.2 Å². The first kappa shape index (κ1) is 26.9. The Balaban J connectivity index is 1.65. The smallest absolute Gasteiger partial charge is 0.354 e. The molecule has 1 saturated carbocycles. The molecule has 1 amide bonds. The highest BCUT2D eigenvalue weighted by molar-refractivity contribution is 5.97. The summed E-state index contributed by atoms with van der Waals surface area (Å²) in [6.45, 7) is 1.97. The van der Waals surface area contributed by atoms with Gasteiger partial charge in [0.05, 0.1) is 12.5 Å². The van der Waals surface area contributed by atoms with Crippen molar-refractivity contribution in [2.45, 2.75) is 25.1 Å². The van der Waals surface area contributed by atoms with E-state index in [0.717, 1.165) is 10.8 Å². The number of carbonyl (C=O) groups excluding carboxylic acids is 1. The number of pyridine rings is 2. The fourth-order valence-corrected chi connectivity index (χ4v) is 4.68. The van der Waals surface area contributed by atoms with Gasteiger partial charge in [0, 0.05) is 44.5 Å². The summed E-state index contributed by atoms with van der Waals surface area (Å²) >= 11 is 0. The van der Waals surface area contributed by atoms with Gasteiger partial charge in [-0.25, -0.2) is 18.2 Å². The summed E-state index contributed by atoms with van der Waals surface area (Å²) in [5.41, 5.74) is -2.86. The summed E-state index contributed by atoms with van der Waals surface area (Å²) < 4.78 is 84.8. The lowest BCUT2D eigenvalue weighted by atomic mass is 10.1. The van der Waals surface area contributed by atoms with Crippen LogP contribution in [0.3, 0.4) is 0 Å². The fourth-order valence-electron chi connectivity index (χ4n) is 4.68. The van der Waals surface area contributed by atoms with Crippen molar-refractivity contribution in [3.8, 4) is 5.69 Å². The number of alkyl halides is 3. The van der Waals surface area contributed by atoms with E-state index in [4.69, 9.17) is 4.84 Å². The third kappa shape index (κ3) is 5.30. The molecule has 8 nitrogen and oxygen atoms in total. The first-order valence-corrected chi connectivity index (χ1v) is 12.1. The van der Waals surface area contributed by atoms with Crippen molar-refractivity contribution < 1.29 is 36.0 Å². The van der Waals surface area contributed by atoms with E-state index >= 15 is 0 Å². The Bertz CT molecular complexity index is 1460. The molecule has 2 aromatic heterocycles. The molecule has 0 bridgehead atoms. The second-order valence-electron chi connectivity index (χ2n) is 9.43. The standard InChI is InChI=1S/C25H23F6N5O3/c1-39-35-8-6-34(7-9-35)19-5-4-15-21(37)16(24(38)33-22(13-2-3-13)25(29,30)31)12-36(23(15)32-19)20-17(27)10-14(26)11-18(20)28/h4-5,10-13,22H,2-3,6-9H2,1H3,(H,33,38)/t22-/m1/s1. The summed E-state index contributed by atoms with van der Waals surface area (Å²) in [7, 11) is 1.53. The summed E-state index contributed by atoms with van der Waals surface area (Å²) in [5.74, 6) is -5.78. The van der Waals surface area contributed by atoms with Crippen LogP contribution in [0.1, 0.15) is 23.2 Å². The minimum atomic E-state index is -4.76. The number of piperazine rings is 1. The Hall–Kier alpha value is -3.65. The lowest BCUT2D eigenvalue weighted by Crippen LogP contribution is -2.48. The lowest BCUT2D eigenvalue weighted by molar-refractivity contribution is -0.158. The second-order valence-corrected chi connectivity index (χ2v) is 9.43. The van der Waals surface area contributed by atoms with Crippen molar-refractivity contribution in [2.75, 3.05) is 38.2 Å². The molecule has 5 rings (SSSR count). The van der Waals surface area contributed by atoms with E-state index in [1.807, 2.05) is 10.2 Å². The van der Waals surface area contributed by atoms with Crippen LogP contribution in [0.5, 0.6) is 0 Å². The molecule has 1 N–H and O–H groups in total. The van der Waals surface area contributed by atoms with E-state index in [2.05, 4.69) is 4.98 Å². The number of halogens is 6. The van der Waals surface area contributed by atoms with Crippen molar-refractivity contribution in [3.05, 3.63) is 63.7 Å². The monoisotopic (exact) mass is 555 g/mol. The molecule has 1 atom stereocenters. The molecule has 1 aliphatic heterocycles. The summed E-state index contributed by atoms with van der Waals surface area (Å²) in [6.07, 6.45) is -3.52. The number of rotatable bonds is 6. The van der Waals surface area contributed by atoms with Gasteiger partial charge in [0.15, 0.2) is 17.3 Å². The van der Waals surface area contributed by atoms with Crippen LogP contribution in [0.4, 0.5) is 32.2 Å². The minimum Gasteiger partial charge on any atom is -0.354 e. The number of anilines is 1. The van der Waals surface area contributed by atoms with Crippen LogP contribution in [0.15, 0.2) is 35.3 Å². The van der Waals surface area contributed by atoms with Crippen LogP contribution in [0.2, 0.25) is 0 Å². The van der Waals surface area contributed by atoms with Crippen molar-refractivity contribution in [2.24, 2.45) is 5.92 Å². The quantitative estimate of drug-likeness (QED) is 0.469. The third-order valence-corrected chi connectivity index (χ3v) is 6.86. The molecule has 2 fully saturated rings. The number of hydrogen-bond donors (Lipinski definition) is 1. The number of nitrogens with zero attached hydrogens (tertiary/aromatic N) is 4. The summed E-state index contributed by atoms with van der Waals surface area (Å²) in [4.78, 5) is 37.7. The minimum absolute atomic E-state index is 0.254. The topological polar surface area (TPSA) is 79.7 Å². The molecule has 208 valence electrons. The maximum Gasteiger partial charge on any atom is 0.408 e. The SMILES string of the molecule is CON1CCN(c2ccc3c(=O)c(C(=O)N[C@H](C4CC4)C(F)(F)F)cn(-c4c(F)cc(F)cc4F)c3n2)CC1. The van der Waals surface area contributed by atoms with E-state index in [9.17, 15) is 35.9 Å². The Morgan fingerprint density at radius 3 is 2.28 bits per heavy atom. The predicted octanol–water partition coefficient (Wildman–Crippen LogP) is 3.56. The molecule has 3 heterocycles. The van der Waals surface area contributed by atoms with Crippen molar-refractivity contribution in [1.29, 1.82) is 0 Å². The number of benzene rings is 1. The number of nitrogens with one attached hydrogen (secondary N) is 1. The molecular formula is C25H23F6N5O3. The maximum absolute atomic E-state index is 14.9. The average molecular weight is 555 g/mol.